The number of hydrogen-bond acceptors (Lipinski definition) is 4. The van der Waals surface area contributed by atoms with Crippen molar-refractivity contribution in [3.8, 4) is 0 Å². The van der Waals surface area contributed by atoms with Crippen molar-refractivity contribution in [1.82, 2.24) is 5.32 Å². The maximum atomic E-state index is 11.4. The number of thiocarbonyl (C=S) groups is 1. The summed E-state index contributed by atoms with van der Waals surface area (Å²) in [5, 5.41) is 8.00. The molecule has 0 radical (unpaired) electrons. The number of methoxy groups -OCH3 is 1. The van der Waals surface area contributed by atoms with E-state index in [2.05, 4.69) is 22.3 Å². The van der Waals surface area contributed by atoms with Crippen LogP contribution >= 0.6 is 23.6 Å². The van der Waals surface area contributed by atoms with Crippen LogP contribution in [0.15, 0.2) is 12.1 Å². The molecule has 0 aromatic carbocycles. The highest BCUT2D eigenvalue weighted by Gasteiger charge is 2.21. The summed E-state index contributed by atoms with van der Waals surface area (Å²) in [5.74, 6) is 0.334. The first-order chi connectivity index (χ1) is 9.60. The van der Waals surface area contributed by atoms with Gasteiger partial charge in [-0.15, -0.1) is 11.3 Å². The van der Waals surface area contributed by atoms with Gasteiger partial charge in [0.25, 0.3) is 0 Å². The lowest BCUT2D eigenvalue weighted by molar-refractivity contribution is 0.0606. The van der Waals surface area contributed by atoms with E-state index in [9.17, 15) is 4.79 Å². The Morgan fingerprint density at radius 1 is 1.40 bits per heavy atom. The van der Waals surface area contributed by atoms with Gasteiger partial charge in [0, 0.05) is 6.04 Å². The average Bonchev–Trinajstić information content (AvgIpc) is 2.89. The fourth-order valence-corrected chi connectivity index (χ4v) is 3.62. The van der Waals surface area contributed by atoms with E-state index in [1.54, 1.807) is 6.07 Å². The zero-order valence-corrected chi connectivity index (χ0v) is 13.4. The van der Waals surface area contributed by atoms with Gasteiger partial charge in [-0.1, -0.05) is 19.8 Å². The number of anilines is 1. The Kier molecular flexibility index (Phi) is 5.37. The highest BCUT2D eigenvalue weighted by Crippen LogP contribution is 2.25. The summed E-state index contributed by atoms with van der Waals surface area (Å²) in [6, 6.07) is 4.03. The highest BCUT2D eigenvalue weighted by atomic mass is 32.1. The molecule has 2 rings (SSSR count). The molecule has 1 aromatic rings. The van der Waals surface area contributed by atoms with Gasteiger partial charge in [-0.2, -0.15) is 0 Å². The summed E-state index contributed by atoms with van der Waals surface area (Å²) in [6.45, 7) is 2.26. The molecule has 1 saturated carbocycles. The van der Waals surface area contributed by atoms with Crippen LogP contribution in [0.5, 0.6) is 0 Å². The predicted octanol–water partition coefficient (Wildman–Crippen LogP) is 3.40. The van der Waals surface area contributed by atoms with Gasteiger partial charge in [-0.05, 0) is 43.1 Å². The summed E-state index contributed by atoms with van der Waals surface area (Å²) >= 11 is 6.68. The van der Waals surface area contributed by atoms with Crippen LogP contribution in [0.1, 0.15) is 42.3 Å². The number of esters is 1. The fourth-order valence-electron chi connectivity index (χ4n) is 2.46. The number of ether oxygens (including phenoxy) is 1. The van der Waals surface area contributed by atoms with Crippen molar-refractivity contribution in [2.24, 2.45) is 5.92 Å². The van der Waals surface area contributed by atoms with E-state index in [4.69, 9.17) is 12.2 Å². The van der Waals surface area contributed by atoms with Gasteiger partial charge in [0.05, 0.1) is 12.1 Å². The number of nitrogens with one attached hydrogen (secondary N) is 2. The number of carbonyl (C=O) groups excluding carboxylic acids is 1. The molecule has 2 atom stereocenters. The maximum Gasteiger partial charge on any atom is 0.348 e. The quantitative estimate of drug-likeness (QED) is 0.662. The standard InChI is InChI=1S/C14H20N2O2S2/c1-9-5-3-4-6-10(9)15-14(19)16-12-8-7-11(20-12)13(17)18-2/h7-10H,3-6H2,1-2H3,(H2,15,16,19)/t9-,10+/m1/s1. The van der Waals surface area contributed by atoms with Crippen LogP contribution in [0.4, 0.5) is 5.00 Å². The second kappa shape index (κ2) is 7.04. The summed E-state index contributed by atoms with van der Waals surface area (Å²) < 4.78 is 4.69. The van der Waals surface area contributed by atoms with Crippen LogP contribution in [0.25, 0.3) is 0 Å². The first-order valence-electron chi connectivity index (χ1n) is 6.86. The van der Waals surface area contributed by atoms with Crippen molar-refractivity contribution in [2.75, 3.05) is 12.4 Å². The largest absolute Gasteiger partial charge is 0.465 e. The number of carbonyl (C=O) groups is 1. The average molecular weight is 312 g/mol. The fraction of sp³-hybridized carbons (Fsp3) is 0.571. The molecular weight excluding hydrogens is 292 g/mol. The number of hydrogen-bond donors (Lipinski definition) is 2. The van der Waals surface area contributed by atoms with E-state index >= 15 is 0 Å². The molecule has 0 amide bonds. The predicted molar refractivity (Wildman–Crippen MR) is 86.4 cm³/mol. The lowest BCUT2D eigenvalue weighted by Gasteiger charge is -2.30. The van der Waals surface area contributed by atoms with Crippen molar-refractivity contribution in [1.29, 1.82) is 0 Å². The minimum absolute atomic E-state index is 0.317. The van der Waals surface area contributed by atoms with E-state index in [0.717, 1.165) is 5.00 Å². The summed E-state index contributed by atoms with van der Waals surface area (Å²) in [4.78, 5) is 12.0. The third-order valence-corrected chi connectivity index (χ3v) is 4.86. The van der Waals surface area contributed by atoms with E-state index in [1.165, 1.54) is 44.1 Å². The van der Waals surface area contributed by atoms with Gasteiger partial charge >= 0.3 is 5.97 Å². The molecule has 2 N–H and O–H groups in total. The maximum absolute atomic E-state index is 11.4. The van der Waals surface area contributed by atoms with Gasteiger partial charge < -0.3 is 15.4 Å². The van der Waals surface area contributed by atoms with Gasteiger partial charge in [-0.25, -0.2) is 4.79 Å². The first kappa shape index (κ1) is 15.3. The minimum atomic E-state index is -0.317. The molecule has 1 aromatic heterocycles. The Hall–Kier alpha value is -1.14. The van der Waals surface area contributed by atoms with Crippen LogP contribution in [0, 0.1) is 5.92 Å². The van der Waals surface area contributed by atoms with Crippen LogP contribution in [-0.2, 0) is 4.74 Å². The Balaban J connectivity index is 1.87. The Morgan fingerprint density at radius 2 is 2.15 bits per heavy atom. The molecule has 20 heavy (non-hydrogen) atoms. The molecule has 1 aliphatic rings. The summed E-state index contributed by atoms with van der Waals surface area (Å²) in [5.41, 5.74) is 0. The van der Waals surface area contributed by atoms with Crippen molar-refractivity contribution in [2.45, 2.75) is 38.6 Å². The lowest BCUT2D eigenvalue weighted by Crippen LogP contribution is -2.42. The van der Waals surface area contributed by atoms with Crippen molar-refractivity contribution < 1.29 is 9.53 Å². The second-order valence-corrected chi connectivity index (χ2v) is 6.61. The van der Waals surface area contributed by atoms with E-state index in [1.807, 2.05) is 6.07 Å². The van der Waals surface area contributed by atoms with Gasteiger partial charge in [0.2, 0.25) is 0 Å². The second-order valence-electron chi connectivity index (χ2n) is 5.12. The first-order valence-corrected chi connectivity index (χ1v) is 8.08. The van der Waals surface area contributed by atoms with Crippen LogP contribution in [-0.4, -0.2) is 24.2 Å². The molecule has 0 bridgehead atoms. The van der Waals surface area contributed by atoms with E-state index in [-0.39, 0.29) is 5.97 Å². The smallest absolute Gasteiger partial charge is 0.348 e. The Labute approximate surface area is 128 Å². The Morgan fingerprint density at radius 3 is 2.85 bits per heavy atom. The Bertz CT molecular complexity index is 487. The molecule has 110 valence electrons. The molecule has 6 heteroatoms. The summed E-state index contributed by atoms with van der Waals surface area (Å²) in [6.07, 6.45) is 5.00. The van der Waals surface area contributed by atoms with Crippen molar-refractivity contribution in [3.63, 3.8) is 0 Å². The molecule has 0 spiro atoms. The third kappa shape index (κ3) is 3.93. The minimum Gasteiger partial charge on any atom is -0.465 e. The van der Waals surface area contributed by atoms with E-state index < -0.39 is 0 Å². The molecule has 0 unspecified atom stereocenters. The van der Waals surface area contributed by atoms with Crippen LogP contribution in [0.3, 0.4) is 0 Å². The highest BCUT2D eigenvalue weighted by molar-refractivity contribution is 7.80. The number of rotatable bonds is 3. The van der Waals surface area contributed by atoms with Crippen LogP contribution < -0.4 is 10.6 Å². The molecule has 1 fully saturated rings. The normalized spacial score (nSPS) is 22.1. The monoisotopic (exact) mass is 312 g/mol. The van der Waals surface area contributed by atoms with Gasteiger partial charge in [0.15, 0.2) is 5.11 Å². The van der Waals surface area contributed by atoms with Crippen molar-refractivity contribution in [3.05, 3.63) is 17.0 Å². The summed E-state index contributed by atoms with van der Waals surface area (Å²) in [7, 11) is 1.38. The van der Waals surface area contributed by atoms with Gasteiger partial charge in [0.1, 0.15) is 4.88 Å². The zero-order chi connectivity index (χ0) is 14.5. The number of thiophene rings is 1. The van der Waals surface area contributed by atoms with E-state index in [0.29, 0.717) is 21.9 Å². The van der Waals surface area contributed by atoms with Crippen LogP contribution in [0.2, 0.25) is 0 Å². The topological polar surface area (TPSA) is 50.4 Å². The van der Waals surface area contributed by atoms with Crippen molar-refractivity contribution >= 4 is 39.6 Å². The molecular formula is C14H20N2O2S2. The molecule has 1 heterocycles. The van der Waals surface area contributed by atoms with Gasteiger partial charge in [-0.3, -0.25) is 0 Å². The molecule has 4 nitrogen and oxygen atoms in total. The third-order valence-electron chi connectivity index (χ3n) is 3.66. The molecule has 0 aliphatic heterocycles. The molecule has 1 aliphatic carbocycles. The lowest BCUT2D eigenvalue weighted by atomic mass is 9.86. The molecule has 0 saturated heterocycles. The SMILES string of the molecule is COC(=O)c1ccc(NC(=S)N[C@H]2CCCC[C@H]2C)s1. The zero-order valence-electron chi connectivity index (χ0n) is 11.8.